The van der Waals surface area contributed by atoms with Crippen molar-refractivity contribution >= 4 is 46.0 Å². The highest BCUT2D eigenvalue weighted by Crippen LogP contribution is 2.36. The van der Waals surface area contributed by atoms with Crippen LogP contribution in [0.25, 0.3) is 6.08 Å². The summed E-state index contributed by atoms with van der Waals surface area (Å²) in [5, 5.41) is 0. The molecule has 0 radical (unpaired) electrons. The van der Waals surface area contributed by atoms with Crippen molar-refractivity contribution in [3.63, 3.8) is 0 Å². The van der Waals surface area contributed by atoms with Crippen LogP contribution in [0.4, 0.5) is 5.69 Å². The first kappa shape index (κ1) is 16.7. The average Bonchev–Trinajstić information content (AvgIpc) is 2.85. The van der Waals surface area contributed by atoms with Crippen molar-refractivity contribution in [1.29, 1.82) is 0 Å². The van der Waals surface area contributed by atoms with E-state index in [2.05, 4.69) is 0 Å². The summed E-state index contributed by atoms with van der Waals surface area (Å²) in [6.07, 6.45) is 1.88. The van der Waals surface area contributed by atoms with Crippen molar-refractivity contribution in [2.75, 3.05) is 11.5 Å². The van der Waals surface area contributed by atoms with E-state index in [-0.39, 0.29) is 5.91 Å². The number of amides is 1. The minimum absolute atomic E-state index is 0.0882. The molecule has 0 aliphatic carbocycles. The molecule has 0 unspecified atom stereocenters. The average molecular weight is 355 g/mol. The van der Waals surface area contributed by atoms with Crippen LogP contribution in [-0.2, 0) is 4.79 Å². The number of aryl methyl sites for hydroxylation is 1. The molecule has 0 aromatic heterocycles. The van der Waals surface area contributed by atoms with Gasteiger partial charge in [-0.2, -0.15) is 0 Å². The van der Waals surface area contributed by atoms with Crippen LogP contribution in [0.2, 0.25) is 0 Å². The summed E-state index contributed by atoms with van der Waals surface area (Å²) in [4.78, 5) is 14.9. The third-order valence-corrected chi connectivity index (χ3v) is 4.88. The standard InChI is InChI=1S/C19H17NO2S2/c1-3-22-16-10-8-15(9-11-16)20-18(21)17(24-19(20)23)12-14-6-4-13(2)5-7-14/h4-12H,3H2,1-2H3. The first-order valence-corrected chi connectivity index (χ1v) is 8.88. The molecule has 3 nitrogen and oxygen atoms in total. The summed E-state index contributed by atoms with van der Waals surface area (Å²) in [5.74, 6) is 0.691. The van der Waals surface area contributed by atoms with E-state index in [9.17, 15) is 4.79 Å². The van der Waals surface area contributed by atoms with Crippen molar-refractivity contribution < 1.29 is 9.53 Å². The van der Waals surface area contributed by atoms with E-state index in [1.54, 1.807) is 4.90 Å². The molecule has 5 heteroatoms. The van der Waals surface area contributed by atoms with Gasteiger partial charge in [-0.1, -0.05) is 53.8 Å². The van der Waals surface area contributed by atoms with Gasteiger partial charge >= 0.3 is 0 Å². The molecule has 1 fully saturated rings. The Morgan fingerprint density at radius 3 is 2.42 bits per heavy atom. The molecule has 2 aromatic carbocycles. The Bertz CT molecular complexity index is 795. The second-order valence-electron chi connectivity index (χ2n) is 5.35. The molecule has 1 aliphatic heterocycles. The number of carbonyl (C=O) groups excluding carboxylic acids is 1. The van der Waals surface area contributed by atoms with Crippen molar-refractivity contribution in [2.45, 2.75) is 13.8 Å². The maximum absolute atomic E-state index is 12.7. The maximum Gasteiger partial charge on any atom is 0.270 e. The van der Waals surface area contributed by atoms with Gasteiger partial charge in [0.05, 0.1) is 17.2 Å². The Kier molecular flexibility index (Phi) is 5.02. The topological polar surface area (TPSA) is 29.5 Å². The van der Waals surface area contributed by atoms with E-state index >= 15 is 0 Å². The molecule has 0 bridgehead atoms. The first-order valence-electron chi connectivity index (χ1n) is 7.66. The zero-order valence-electron chi connectivity index (χ0n) is 13.5. The quantitative estimate of drug-likeness (QED) is 0.582. The predicted octanol–water partition coefficient (Wildman–Crippen LogP) is 4.80. The Labute approximate surface area is 151 Å². The highest BCUT2D eigenvalue weighted by molar-refractivity contribution is 8.27. The summed E-state index contributed by atoms with van der Waals surface area (Å²) >= 11 is 6.72. The molecule has 0 N–H and O–H groups in total. The van der Waals surface area contributed by atoms with Crippen LogP contribution in [-0.4, -0.2) is 16.8 Å². The molecule has 0 spiro atoms. The smallest absolute Gasteiger partial charge is 0.270 e. The number of nitrogens with zero attached hydrogens (tertiary/aromatic N) is 1. The van der Waals surface area contributed by atoms with Crippen molar-refractivity contribution in [2.24, 2.45) is 0 Å². The fourth-order valence-corrected chi connectivity index (χ4v) is 3.66. The lowest BCUT2D eigenvalue weighted by Gasteiger charge is -2.15. The van der Waals surface area contributed by atoms with Crippen LogP contribution >= 0.6 is 24.0 Å². The molecule has 0 saturated carbocycles. The van der Waals surface area contributed by atoms with Crippen LogP contribution in [0.3, 0.4) is 0 Å². The summed E-state index contributed by atoms with van der Waals surface area (Å²) < 4.78 is 5.98. The largest absolute Gasteiger partial charge is 0.494 e. The Morgan fingerprint density at radius 1 is 1.12 bits per heavy atom. The molecule has 3 rings (SSSR count). The number of ether oxygens (including phenoxy) is 1. The van der Waals surface area contributed by atoms with Gasteiger partial charge in [0.1, 0.15) is 5.75 Å². The van der Waals surface area contributed by atoms with Gasteiger partial charge < -0.3 is 4.74 Å². The van der Waals surface area contributed by atoms with Crippen LogP contribution in [0, 0.1) is 6.92 Å². The summed E-state index contributed by atoms with van der Waals surface area (Å²) in [7, 11) is 0. The van der Waals surface area contributed by atoms with Gasteiger partial charge in [0.15, 0.2) is 4.32 Å². The lowest BCUT2D eigenvalue weighted by Crippen LogP contribution is -2.27. The monoisotopic (exact) mass is 355 g/mol. The van der Waals surface area contributed by atoms with Crippen molar-refractivity contribution in [3.8, 4) is 5.75 Å². The zero-order valence-corrected chi connectivity index (χ0v) is 15.1. The molecule has 1 saturated heterocycles. The zero-order chi connectivity index (χ0) is 17.1. The lowest BCUT2D eigenvalue weighted by atomic mass is 10.1. The van der Waals surface area contributed by atoms with Gasteiger partial charge in [0.25, 0.3) is 5.91 Å². The maximum atomic E-state index is 12.7. The second-order valence-corrected chi connectivity index (χ2v) is 7.03. The summed E-state index contributed by atoms with van der Waals surface area (Å²) in [5.41, 5.74) is 2.94. The van der Waals surface area contributed by atoms with E-state index in [1.165, 1.54) is 17.3 Å². The summed E-state index contributed by atoms with van der Waals surface area (Å²) in [6, 6.07) is 15.5. The molecule has 0 atom stereocenters. The molecular weight excluding hydrogens is 338 g/mol. The number of hydrogen-bond donors (Lipinski definition) is 0. The Hall–Kier alpha value is -2.11. The van der Waals surface area contributed by atoms with Crippen molar-refractivity contribution in [1.82, 2.24) is 0 Å². The molecule has 122 valence electrons. The van der Waals surface area contributed by atoms with E-state index in [0.717, 1.165) is 17.0 Å². The Morgan fingerprint density at radius 2 is 1.79 bits per heavy atom. The van der Waals surface area contributed by atoms with Gasteiger partial charge in [-0.05, 0) is 49.8 Å². The van der Waals surface area contributed by atoms with Gasteiger partial charge in [0.2, 0.25) is 0 Å². The predicted molar refractivity (Wildman–Crippen MR) is 104 cm³/mol. The number of thiocarbonyl (C=S) groups is 1. The van der Waals surface area contributed by atoms with Crippen molar-refractivity contribution in [3.05, 3.63) is 64.6 Å². The number of carbonyl (C=O) groups is 1. The fourth-order valence-electron chi connectivity index (χ4n) is 2.36. The highest BCUT2D eigenvalue weighted by atomic mass is 32.2. The number of hydrogen-bond acceptors (Lipinski definition) is 4. The number of rotatable bonds is 4. The van der Waals surface area contributed by atoms with E-state index in [1.807, 2.05) is 68.5 Å². The third-order valence-electron chi connectivity index (χ3n) is 3.57. The minimum Gasteiger partial charge on any atom is -0.494 e. The molecular formula is C19H17NO2S2. The van der Waals surface area contributed by atoms with Gasteiger partial charge in [0, 0.05) is 0 Å². The van der Waals surface area contributed by atoms with E-state index in [0.29, 0.717) is 15.8 Å². The highest BCUT2D eigenvalue weighted by Gasteiger charge is 2.33. The molecule has 1 amide bonds. The fraction of sp³-hybridized carbons (Fsp3) is 0.158. The molecule has 1 heterocycles. The number of benzene rings is 2. The molecule has 2 aromatic rings. The van der Waals surface area contributed by atoms with Gasteiger partial charge in [-0.15, -0.1) is 0 Å². The van der Waals surface area contributed by atoms with E-state index in [4.69, 9.17) is 17.0 Å². The third kappa shape index (κ3) is 3.52. The number of anilines is 1. The van der Waals surface area contributed by atoms with Crippen LogP contribution in [0.5, 0.6) is 5.75 Å². The first-order chi connectivity index (χ1) is 11.6. The SMILES string of the molecule is CCOc1ccc(N2C(=O)C(=Cc3ccc(C)cc3)SC2=S)cc1. The molecule has 24 heavy (non-hydrogen) atoms. The van der Waals surface area contributed by atoms with Crippen LogP contribution in [0.15, 0.2) is 53.4 Å². The van der Waals surface area contributed by atoms with E-state index < -0.39 is 0 Å². The summed E-state index contributed by atoms with van der Waals surface area (Å²) in [6.45, 7) is 4.58. The second kappa shape index (κ2) is 7.20. The molecule has 1 aliphatic rings. The van der Waals surface area contributed by atoms with Crippen LogP contribution in [0.1, 0.15) is 18.1 Å². The number of thioether (sulfide) groups is 1. The van der Waals surface area contributed by atoms with Gasteiger partial charge in [-0.3, -0.25) is 9.69 Å². The minimum atomic E-state index is -0.0882. The lowest BCUT2D eigenvalue weighted by molar-refractivity contribution is -0.113. The Balaban J connectivity index is 1.84. The van der Waals surface area contributed by atoms with Gasteiger partial charge in [-0.25, -0.2) is 0 Å². The normalized spacial score (nSPS) is 16.1. The van der Waals surface area contributed by atoms with Crippen LogP contribution < -0.4 is 9.64 Å².